The summed E-state index contributed by atoms with van der Waals surface area (Å²) in [7, 11) is -3.87. The SMILES string of the molecule is CC1(C)CC(Nc2nc(NCCc3cc(Cl)ccc3S(N)(=O)=O)ncc2C#N)CCC1O. The molecule has 0 amide bonds. The number of benzene rings is 1. The number of halogens is 1. The van der Waals surface area contributed by atoms with Crippen LogP contribution in [0.15, 0.2) is 29.3 Å². The Hall–Kier alpha value is -2.45. The fourth-order valence-electron chi connectivity index (χ4n) is 3.93. The molecule has 2 aromatic rings. The van der Waals surface area contributed by atoms with E-state index in [0.29, 0.717) is 47.3 Å². The van der Waals surface area contributed by atoms with Crippen molar-refractivity contribution in [1.82, 2.24) is 9.97 Å². The first kappa shape index (κ1) is 24.2. The van der Waals surface area contributed by atoms with Gasteiger partial charge in [0.1, 0.15) is 17.5 Å². The smallest absolute Gasteiger partial charge is 0.238 e. The second kappa shape index (κ2) is 9.58. The first-order valence-corrected chi connectivity index (χ1v) is 12.2. The molecular formula is C21H27ClN6O3S. The van der Waals surface area contributed by atoms with Crippen molar-refractivity contribution in [3.63, 3.8) is 0 Å². The third kappa shape index (κ3) is 5.86. The van der Waals surface area contributed by atoms with Crippen molar-refractivity contribution in [3.8, 4) is 6.07 Å². The molecule has 5 N–H and O–H groups in total. The zero-order valence-corrected chi connectivity index (χ0v) is 19.5. The zero-order valence-electron chi connectivity index (χ0n) is 18.0. The number of nitrogens with one attached hydrogen (secondary N) is 2. The molecule has 172 valence electrons. The van der Waals surface area contributed by atoms with Gasteiger partial charge in [-0.05, 0) is 54.9 Å². The lowest BCUT2D eigenvalue weighted by Gasteiger charge is -2.40. The van der Waals surface area contributed by atoms with Gasteiger partial charge >= 0.3 is 0 Å². The molecule has 11 heteroatoms. The summed E-state index contributed by atoms with van der Waals surface area (Å²) >= 11 is 6.00. The van der Waals surface area contributed by atoms with E-state index in [1.54, 1.807) is 6.07 Å². The Morgan fingerprint density at radius 1 is 1.38 bits per heavy atom. The summed E-state index contributed by atoms with van der Waals surface area (Å²) in [4.78, 5) is 8.63. The minimum absolute atomic E-state index is 0.0221. The van der Waals surface area contributed by atoms with Crippen molar-refractivity contribution >= 4 is 33.4 Å². The molecule has 1 saturated carbocycles. The lowest BCUT2D eigenvalue weighted by molar-refractivity contribution is 0.00926. The average molecular weight is 479 g/mol. The molecule has 1 heterocycles. The molecule has 0 spiro atoms. The van der Waals surface area contributed by atoms with Crippen LogP contribution in [-0.4, -0.2) is 42.2 Å². The standard InChI is InChI=1S/C21H27ClN6O3S/c1-21(2)10-16(4-6-18(21)29)27-19-14(11-23)12-26-20(28-19)25-8-7-13-9-15(22)3-5-17(13)32(24,30)31/h3,5,9,12,16,18,29H,4,6-8,10H2,1-2H3,(H2,24,30,31)(H2,25,26,27,28). The van der Waals surface area contributed by atoms with Crippen molar-refractivity contribution in [3.05, 3.63) is 40.5 Å². The van der Waals surface area contributed by atoms with Crippen LogP contribution in [-0.2, 0) is 16.4 Å². The highest BCUT2D eigenvalue weighted by atomic mass is 35.5. The van der Waals surface area contributed by atoms with Crippen LogP contribution in [0.2, 0.25) is 5.02 Å². The Bertz CT molecular complexity index is 1130. The Kier molecular flexibility index (Phi) is 7.25. The highest BCUT2D eigenvalue weighted by Gasteiger charge is 2.35. The molecule has 2 atom stereocenters. The number of hydrogen-bond donors (Lipinski definition) is 4. The van der Waals surface area contributed by atoms with Crippen molar-refractivity contribution in [2.75, 3.05) is 17.2 Å². The third-order valence-electron chi connectivity index (χ3n) is 5.72. The van der Waals surface area contributed by atoms with Crippen LogP contribution in [0.3, 0.4) is 0 Å². The van der Waals surface area contributed by atoms with Gasteiger partial charge in [0.15, 0.2) is 0 Å². The summed E-state index contributed by atoms with van der Waals surface area (Å²) < 4.78 is 23.6. The first-order valence-electron chi connectivity index (χ1n) is 10.3. The minimum Gasteiger partial charge on any atom is -0.393 e. The van der Waals surface area contributed by atoms with E-state index in [-0.39, 0.29) is 22.5 Å². The number of primary sulfonamides is 1. The van der Waals surface area contributed by atoms with E-state index in [2.05, 4.69) is 26.7 Å². The highest BCUT2D eigenvalue weighted by Crippen LogP contribution is 2.37. The van der Waals surface area contributed by atoms with Gasteiger partial charge in [-0.2, -0.15) is 10.2 Å². The second-order valence-corrected chi connectivity index (χ2v) is 10.6. The number of rotatable bonds is 7. The monoisotopic (exact) mass is 478 g/mol. The predicted molar refractivity (Wildman–Crippen MR) is 123 cm³/mol. The maximum absolute atomic E-state index is 11.8. The summed E-state index contributed by atoms with van der Waals surface area (Å²) in [6, 6.07) is 6.60. The molecule has 1 aliphatic rings. The largest absolute Gasteiger partial charge is 0.393 e. The van der Waals surface area contributed by atoms with Crippen LogP contribution in [0.5, 0.6) is 0 Å². The van der Waals surface area contributed by atoms with Gasteiger partial charge in [0.05, 0.1) is 17.2 Å². The molecule has 0 radical (unpaired) electrons. The normalized spacial score (nSPS) is 20.4. The molecule has 1 aromatic heterocycles. The van der Waals surface area contributed by atoms with Gasteiger partial charge in [-0.3, -0.25) is 0 Å². The van der Waals surface area contributed by atoms with Crippen molar-refractivity contribution in [2.24, 2.45) is 10.6 Å². The van der Waals surface area contributed by atoms with Gasteiger partial charge in [-0.15, -0.1) is 0 Å². The highest BCUT2D eigenvalue weighted by molar-refractivity contribution is 7.89. The van der Waals surface area contributed by atoms with Crippen molar-refractivity contribution in [1.29, 1.82) is 5.26 Å². The Morgan fingerprint density at radius 2 is 2.12 bits per heavy atom. The molecule has 9 nitrogen and oxygen atoms in total. The number of hydrogen-bond acceptors (Lipinski definition) is 8. The molecular weight excluding hydrogens is 452 g/mol. The van der Waals surface area contributed by atoms with E-state index in [0.717, 1.165) is 12.8 Å². The molecule has 1 fully saturated rings. The molecule has 0 aliphatic heterocycles. The number of aromatic nitrogens is 2. The fourth-order valence-corrected chi connectivity index (χ4v) is 4.91. The summed E-state index contributed by atoms with van der Waals surface area (Å²) in [5.74, 6) is 0.732. The summed E-state index contributed by atoms with van der Waals surface area (Å²) in [6.45, 7) is 4.38. The Morgan fingerprint density at radius 3 is 2.78 bits per heavy atom. The molecule has 2 unspecified atom stereocenters. The molecule has 1 aromatic carbocycles. The van der Waals surface area contributed by atoms with E-state index in [1.807, 2.05) is 13.8 Å². The maximum Gasteiger partial charge on any atom is 0.238 e. The van der Waals surface area contributed by atoms with Gasteiger partial charge < -0.3 is 15.7 Å². The number of nitriles is 1. The van der Waals surface area contributed by atoms with E-state index in [1.165, 1.54) is 18.3 Å². The third-order valence-corrected chi connectivity index (χ3v) is 6.97. The average Bonchev–Trinajstić information content (AvgIpc) is 2.70. The number of aliphatic hydroxyl groups is 1. The minimum atomic E-state index is -3.87. The van der Waals surface area contributed by atoms with Gasteiger partial charge in [0.2, 0.25) is 16.0 Å². The molecule has 1 aliphatic carbocycles. The van der Waals surface area contributed by atoms with Crippen molar-refractivity contribution < 1.29 is 13.5 Å². The van der Waals surface area contributed by atoms with Crippen molar-refractivity contribution in [2.45, 2.75) is 56.6 Å². The van der Waals surface area contributed by atoms with Crippen LogP contribution >= 0.6 is 11.6 Å². The quantitative estimate of drug-likeness (QED) is 0.473. The summed E-state index contributed by atoms with van der Waals surface area (Å²) in [6.07, 6.45) is 3.61. The number of nitrogens with zero attached hydrogens (tertiary/aromatic N) is 3. The summed E-state index contributed by atoms with van der Waals surface area (Å²) in [5.41, 5.74) is 0.586. The Balaban J connectivity index is 1.70. The van der Waals surface area contributed by atoms with Crippen LogP contribution in [0.4, 0.5) is 11.8 Å². The van der Waals surface area contributed by atoms with E-state index in [9.17, 15) is 18.8 Å². The van der Waals surface area contributed by atoms with Gasteiger partial charge in [-0.25, -0.2) is 18.5 Å². The molecule has 0 bridgehead atoms. The van der Waals surface area contributed by atoms with Crippen LogP contribution < -0.4 is 15.8 Å². The predicted octanol–water partition coefficient (Wildman–Crippen LogP) is 2.66. The van der Waals surface area contributed by atoms with Gasteiger partial charge in [0.25, 0.3) is 0 Å². The zero-order chi connectivity index (χ0) is 23.5. The van der Waals surface area contributed by atoms with Crippen LogP contribution in [0, 0.1) is 16.7 Å². The fraction of sp³-hybridized carbons (Fsp3) is 0.476. The number of nitrogens with two attached hydrogens (primary N) is 1. The van der Waals surface area contributed by atoms with Crippen LogP contribution in [0.1, 0.15) is 44.2 Å². The lowest BCUT2D eigenvalue weighted by Crippen LogP contribution is -2.41. The van der Waals surface area contributed by atoms with Crippen LogP contribution in [0.25, 0.3) is 0 Å². The molecule has 0 saturated heterocycles. The number of sulfonamides is 1. The van der Waals surface area contributed by atoms with E-state index >= 15 is 0 Å². The topological polar surface area (TPSA) is 154 Å². The number of anilines is 2. The maximum atomic E-state index is 11.8. The second-order valence-electron chi connectivity index (χ2n) is 8.67. The van der Waals surface area contributed by atoms with Gasteiger partial charge in [-0.1, -0.05) is 25.4 Å². The lowest BCUT2D eigenvalue weighted by atomic mass is 9.73. The van der Waals surface area contributed by atoms with Gasteiger partial charge in [0, 0.05) is 17.6 Å². The number of aliphatic hydroxyl groups excluding tert-OH is 1. The molecule has 32 heavy (non-hydrogen) atoms. The first-order chi connectivity index (χ1) is 15.0. The molecule has 3 rings (SSSR count). The van der Waals surface area contributed by atoms with E-state index in [4.69, 9.17) is 16.7 Å². The summed E-state index contributed by atoms with van der Waals surface area (Å²) in [5, 5.41) is 31.7. The Labute approximate surface area is 193 Å². The van der Waals surface area contributed by atoms with E-state index < -0.39 is 10.0 Å².